The molecule has 1 atom stereocenters. The smallest absolute Gasteiger partial charge is 0.135 e. The van der Waals surface area contributed by atoms with Gasteiger partial charge in [-0.2, -0.15) is 0 Å². The lowest BCUT2D eigenvalue weighted by atomic mass is 9.97. The van der Waals surface area contributed by atoms with Crippen LogP contribution in [0.3, 0.4) is 0 Å². The van der Waals surface area contributed by atoms with Crippen molar-refractivity contribution in [3.05, 3.63) is 66.0 Å². The van der Waals surface area contributed by atoms with Crippen molar-refractivity contribution in [1.29, 1.82) is 0 Å². The lowest BCUT2D eigenvalue weighted by molar-refractivity contribution is 0.246. The zero-order chi connectivity index (χ0) is 19.5. The van der Waals surface area contributed by atoms with Crippen LogP contribution in [0.1, 0.15) is 30.3 Å². The summed E-state index contributed by atoms with van der Waals surface area (Å²) in [5.74, 6) is 1.49. The van der Waals surface area contributed by atoms with Crippen molar-refractivity contribution < 1.29 is 4.39 Å². The number of aryl methyl sites for hydroxylation is 1. The van der Waals surface area contributed by atoms with E-state index < -0.39 is 0 Å². The summed E-state index contributed by atoms with van der Waals surface area (Å²) in [7, 11) is 2.13. The van der Waals surface area contributed by atoms with Gasteiger partial charge in [0, 0.05) is 41.7 Å². The van der Waals surface area contributed by atoms with E-state index in [1.165, 1.54) is 12.1 Å². The molecule has 6 heteroatoms. The first-order valence-corrected chi connectivity index (χ1v) is 9.60. The van der Waals surface area contributed by atoms with E-state index in [-0.39, 0.29) is 11.7 Å². The van der Waals surface area contributed by atoms with Gasteiger partial charge in [0.1, 0.15) is 17.5 Å². The number of aromatic nitrogens is 3. The zero-order valence-electron chi connectivity index (χ0n) is 16.2. The number of rotatable bonds is 4. The van der Waals surface area contributed by atoms with Crippen LogP contribution in [0.25, 0.3) is 11.3 Å². The van der Waals surface area contributed by atoms with Gasteiger partial charge in [0.25, 0.3) is 0 Å². The van der Waals surface area contributed by atoms with Crippen molar-refractivity contribution >= 4 is 11.5 Å². The molecule has 1 unspecified atom stereocenters. The van der Waals surface area contributed by atoms with E-state index in [1.807, 2.05) is 37.4 Å². The van der Waals surface area contributed by atoms with E-state index >= 15 is 0 Å². The van der Waals surface area contributed by atoms with Crippen molar-refractivity contribution in [2.45, 2.75) is 25.7 Å². The monoisotopic (exact) mass is 377 g/mol. The van der Waals surface area contributed by atoms with E-state index in [2.05, 4.69) is 22.2 Å². The summed E-state index contributed by atoms with van der Waals surface area (Å²) in [5.41, 5.74) is 3.40. The Kier molecular flexibility index (Phi) is 5.30. The van der Waals surface area contributed by atoms with Crippen LogP contribution in [-0.4, -0.2) is 40.0 Å². The molecule has 1 aliphatic rings. The Morgan fingerprint density at radius 3 is 2.79 bits per heavy atom. The summed E-state index contributed by atoms with van der Waals surface area (Å²) in [4.78, 5) is 16.3. The summed E-state index contributed by atoms with van der Waals surface area (Å²) < 4.78 is 13.6. The molecule has 0 bridgehead atoms. The van der Waals surface area contributed by atoms with Crippen molar-refractivity contribution in [2.75, 3.05) is 25.5 Å². The Hall–Kier alpha value is -2.86. The van der Waals surface area contributed by atoms with Gasteiger partial charge in [-0.3, -0.25) is 4.98 Å². The van der Waals surface area contributed by atoms with Crippen molar-refractivity contribution in [3.8, 4) is 11.3 Å². The normalized spacial score (nSPS) is 17.5. The molecule has 1 fully saturated rings. The number of piperidine rings is 1. The summed E-state index contributed by atoms with van der Waals surface area (Å²) >= 11 is 0. The Morgan fingerprint density at radius 1 is 1.14 bits per heavy atom. The number of halogens is 1. The third kappa shape index (κ3) is 4.34. The predicted octanol–water partition coefficient (Wildman–Crippen LogP) is 4.54. The lowest BCUT2D eigenvalue weighted by Crippen LogP contribution is -2.31. The molecule has 0 saturated carbocycles. The molecular weight excluding hydrogens is 353 g/mol. The summed E-state index contributed by atoms with van der Waals surface area (Å²) in [6.07, 6.45) is 4.03. The largest absolute Gasteiger partial charge is 0.340 e. The summed E-state index contributed by atoms with van der Waals surface area (Å²) in [6.45, 7) is 4.01. The minimum atomic E-state index is -0.281. The van der Waals surface area contributed by atoms with Crippen LogP contribution in [0.2, 0.25) is 0 Å². The van der Waals surface area contributed by atoms with Gasteiger partial charge in [-0.05, 0) is 63.7 Å². The highest BCUT2D eigenvalue weighted by Crippen LogP contribution is 2.28. The molecule has 1 N–H and O–H groups in total. The number of benzene rings is 1. The number of pyridine rings is 1. The average molecular weight is 377 g/mol. The second-order valence-corrected chi connectivity index (χ2v) is 7.42. The van der Waals surface area contributed by atoms with Gasteiger partial charge >= 0.3 is 0 Å². The standard InChI is InChI=1S/C22H24FN5/c1-15-8-9-16(13-24-15)20-12-21(25-19-7-3-6-18(23)11-19)27-22(26-20)17-5-4-10-28(2)14-17/h3,6-9,11-13,17H,4-5,10,14H2,1-2H3,(H,25,26,27). The quantitative estimate of drug-likeness (QED) is 0.723. The predicted molar refractivity (Wildman–Crippen MR) is 109 cm³/mol. The van der Waals surface area contributed by atoms with Crippen molar-refractivity contribution in [2.24, 2.45) is 0 Å². The first-order valence-electron chi connectivity index (χ1n) is 9.60. The molecule has 1 saturated heterocycles. The molecule has 0 amide bonds. The average Bonchev–Trinajstić information content (AvgIpc) is 2.68. The van der Waals surface area contributed by atoms with Crippen LogP contribution >= 0.6 is 0 Å². The molecule has 4 rings (SSSR count). The summed E-state index contributed by atoms with van der Waals surface area (Å²) in [6, 6.07) is 12.3. The fraction of sp³-hybridized carbons (Fsp3) is 0.318. The van der Waals surface area contributed by atoms with Crippen LogP contribution in [0.4, 0.5) is 15.9 Å². The van der Waals surface area contributed by atoms with E-state index in [0.29, 0.717) is 11.5 Å². The molecule has 2 aromatic heterocycles. The second-order valence-electron chi connectivity index (χ2n) is 7.42. The molecule has 144 valence electrons. The molecule has 3 heterocycles. The number of anilines is 2. The summed E-state index contributed by atoms with van der Waals surface area (Å²) in [5, 5.41) is 3.23. The number of hydrogen-bond donors (Lipinski definition) is 1. The van der Waals surface area contributed by atoms with Crippen molar-refractivity contribution in [1.82, 2.24) is 19.9 Å². The topological polar surface area (TPSA) is 53.9 Å². The Labute approximate surface area is 164 Å². The highest BCUT2D eigenvalue weighted by Gasteiger charge is 2.22. The van der Waals surface area contributed by atoms with Gasteiger partial charge in [0.05, 0.1) is 5.69 Å². The first kappa shape index (κ1) is 18.5. The minimum Gasteiger partial charge on any atom is -0.340 e. The molecule has 3 aromatic rings. The second kappa shape index (κ2) is 8.02. The van der Waals surface area contributed by atoms with E-state index in [1.54, 1.807) is 6.07 Å². The van der Waals surface area contributed by atoms with Crippen LogP contribution in [0.15, 0.2) is 48.7 Å². The number of nitrogens with one attached hydrogen (secondary N) is 1. The van der Waals surface area contributed by atoms with Crippen LogP contribution in [0, 0.1) is 12.7 Å². The number of likely N-dealkylation sites (tertiary alicyclic amines) is 1. The third-order valence-electron chi connectivity index (χ3n) is 5.04. The highest BCUT2D eigenvalue weighted by molar-refractivity contribution is 5.65. The Morgan fingerprint density at radius 2 is 2.04 bits per heavy atom. The van der Waals surface area contributed by atoms with E-state index in [4.69, 9.17) is 9.97 Å². The van der Waals surface area contributed by atoms with Crippen LogP contribution in [0.5, 0.6) is 0 Å². The fourth-order valence-electron chi connectivity index (χ4n) is 3.57. The highest BCUT2D eigenvalue weighted by atomic mass is 19.1. The zero-order valence-corrected chi connectivity index (χ0v) is 16.2. The third-order valence-corrected chi connectivity index (χ3v) is 5.04. The Bertz CT molecular complexity index is 957. The van der Waals surface area contributed by atoms with Gasteiger partial charge in [-0.1, -0.05) is 6.07 Å². The van der Waals surface area contributed by atoms with Crippen LogP contribution in [-0.2, 0) is 0 Å². The van der Waals surface area contributed by atoms with Gasteiger partial charge in [-0.15, -0.1) is 0 Å². The Balaban J connectivity index is 1.72. The maximum absolute atomic E-state index is 13.6. The minimum absolute atomic E-state index is 0.281. The molecule has 1 aliphatic heterocycles. The maximum Gasteiger partial charge on any atom is 0.135 e. The molecule has 5 nitrogen and oxygen atoms in total. The maximum atomic E-state index is 13.6. The van der Waals surface area contributed by atoms with Gasteiger partial charge < -0.3 is 10.2 Å². The molecule has 0 spiro atoms. The number of nitrogens with zero attached hydrogens (tertiary/aromatic N) is 4. The molecule has 28 heavy (non-hydrogen) atoms. The van der Waals surface area contributed by atoms with E-state index in [9.17, 15) is 4.39 Å². The number of likely N-dealkylation sites (N-methyl/N-ethyl adjacent to an activating group) is 1. The van der Waals surface area contributed by atoms with Gasteiger partial charge in [0.2, 0.25) is 0 Å². The van der Waals surface area contributed by atoms with Crippen LogP contribution < -0.4 is 5.32 Å². The molecule has 0 aliphatic carbocycles. The van der Waals surface area contributed by atoms with Gasteiger partial charge in [-0.25, -0.2) is 14.4 Å². The van der Waals surface area contributed by atoms with Gasteiger partial charge in [0.15, 0.2) is 0 Å². The van der Waals surface area contributed by atoms with E-state index in [0.717, 1.165) is 48.7 Å². The fourth-order valence-corrected chi connectivity index (χ4v) is 3.57. The molecule has 1 aromatic carbocycles. The first-order chi connectivity index (χ1) is 13.6. The molecular formula is C22H24FN5. The number of hydrogen-bond acceptors (Lipinski definition) is 5. The van der Waals surface area contributed by atoms with Crippen molar-refractivity contribution in [3.63, 3.8) is 0 Å². The lowest BCUT2D eigenvalue weighted by Gasteiger charge is -2.29. The molecule has 0 radical (unpaired) electrons. The SMILES string of the molecule is Cc1ccc(-c2cc(Nc3cccc(F)c3)nc(C3CCCN(C)C3)n2)cn1.